The topological polar surface area (TPSA) is 60.9 Å². The molecule has 40 heavy (non-hydrogen) atoms. The van der Waals surface area contributed by atoms with Gasteiger partial charge in [0, 0.05) is 43.4 Å². The smallest absolute Gasteiger partial charge is 0.226 e. The van der Waals surface area contributed by atoms with Crippen molar-refractivity contribution in [1.82, 2.24) is 9.80 Å². The maximum Gasteiger partial charge on any atom is 0.226 e. The summed E-state index contributed by atoms with van der Waals surface area (Å²) in [5.41, 5.74) is 1.66. The SMILES string of the molecule is CCCC(C)C1(c2ccccc2)CCC2(CCC(C(C)CC(=O)N3C[C@@H](C)[C@@H](O)C3)C(=O)N2CC2CCC2)CC1. The van der Waals surface area contributed by atoms with Crippen LogP contribution in [0.2, 0.25) is 0 Å². The first kappa shape index (κ1) is 29.6. The number of piperidine rings is 1. The Bertz CT molecular complexity index is 1000. The number of likely N-dealkylation sites (tertiary alicyclic amines) is 2. The normalized spacial score (nSPS) is 34.6. The molecule has 1 spiro atoms. The molecule has 0 aromatic heterocycles. The Kier molecular flexibility index (Phi) is 9.00. The Balaban J connectivity index is 1.32. The molecule has 2 aliphatic heterocycles. The van der Waals surface area contributed by atoms with Gasteiger partial charge in [0.1, 0.15) is 0 Å². The summed E-state index contributed by atoms with van der Waals surface area (Å²) in [6.45, 7) is 10.9. The van der Waals surface area contributed by atoms with Crippen LogP contribution >= 0.6 is 0 Å². The van der Waals surface area contributed by atoms with E-state index in [9.17, 15) is 14.7 Å². The number of nitrogens with zero attached hydrogens (tertiary/aromatic N) is 2. The summed E-state index contributed by atoms with van der Waals surface area (Å²) in [6, 6.07) is 11.2. The molecule has 222 valence electrons. The Labute approximate surface area is 243 Å². The van der Waals surface area contributed by atoms with Crippen molar-refractivity contribution >= 4 is 11.8 Å². The first-order valence-corrected chi connectivity index (χ1v) is 16.5. The second-order valence-electron chi connectivity index (χ2n) is 14.4. The number of β-amino-alcohol motifs (C(OH)–C–C–N with tert-alkyl or cyclic N) is 1. The second-order valence-corrected chi connectivity index (χ2v) is 14.4. The minimum Gasteiger partial charge on any atom is -0.391 e. The molecule has 5 rings (SSSR count). The summed E-state index contributed by atoms with van der Waals surface area (Å²) in [6.07, 6.45) is 12.7. The highest BCUT2D eigenvalue weighted by Crippen LogP contribution is 2.54. The van der Waals surface area contributed by atoms with E-state index >= 15 is 0 Å². The molecule has 1 aromatic carbocycles. The molecule has 0 bridgehead atoms. The monoisotopic (exact) mass is 550 g/mol. The van der Waals surface area contributed by atoms with E-state index in [-0.39, 0.29) is 34.6 Å². The second kappa shape index (κ2) is 12.2. The van der Waals surface area contributed by atoms with Gasteiger partial charge in [0.05, 0.1) is 6.10 Å². The third kappa shape index (κ3) is 5.61. The number of aliphatic hydroxyl groups excluding tert-OH is 1. The third-order valence-corrected chi connectivity index (χ3v) is 11.9. The Morgan fingerprint density at radius 2 is 1.73 bits per heavy atom. The predicted molar refractivity (Wildman–Crippen MR) is 161 cm³/mol. The minimum absolute atomic E-state index is 0.0222. The van der Waals surface area contributed by atoms with Crippen LogP contribution in [-0.4, -0.2) is 58.0 Å². The molecule has 2 saturated heterocycles. The number of benzene rings is 1. The van der Waals surface area contributed by atoms with E-state index in [2.05, 4.69) is 56.0 Å². The number of amides is 2. The van der Waals surface area contributed by atoms with E-state index in [0.29, 0.717) is 37.3 Å². The fourth-order valence-corrected chi connectivity index (χ4v) is 8.79. The molecular weight excluding hydrogens is 496 g/mol. The van der Waals surface area contributed by atoms with Gasteiger partial charge in [0.2, 0.25) is 11.8 Å². The van der Waals surface area contributed by atoms with Gasteiger partial charge < -0.3 is 14.9 Å². The number of carbonyl (C=O) groups excluding carboxylic acids is 2. The number of aliphatic hydroxyl groups is 1. The van der Waals surface area contributed by atoms with E-state index in [0.717, 1.165) is 45.1 Å². The molecule has 2 saturated carbocycles. The zero-order valence-corrected chi connectivity index (χ0v) is 25.6. The average Bonchev–Trinajstić information content (AvgIpc) is 3.26. The van der Waals surface area contributed by atoms with Crippen molar-refractivity contribution in [3.63, 3.8) is 0 Å². The lowest BCUT2D eigenvalue weighted by molar-refractivity contribution is -0.156. The first-order valence-electron chi connectivity index (χ1n) is 16.5. The Morgan fingerprint density at radius 3 is 2.30 bits per heavy atom. The molecule has 5 atom stereocenters. The van der Waals surface area contributed by atoms with Crippen molar-refractivity contribution in [3.05, 3.63) is 35.9 Å². The zero-order valence-electron chi connectivity index (χ0n) is 25.6. The molecule has 1 N–H and O–H groups in total. The molecule has 4 fully saturated rings. The van der Waals surface area contributed by atoms with E-state index in [1.165, 1.54) is 37.7 Å². The first-order chi connectivity index (χ1) is 19.2. The molecule has 1 aromatic rings. The Hall–Kier alpha value is -1.88. The lowest BCUT2D eigenvalue weighted by atomic mass is 9.56. The van der Waals surface area contributed by atoms with Gasteiger partial charge in [-0.25, -0.2) is 0 Å². The largest absolute Gasteiger partial charge is 0.391 e. The van der Waals surface area contributed by atoms with E-state index < -0.39 is 6.10 Å². The van der Waals surface area contributed by atoms with Crippen LogP contribution in [0.25, 0.3) is 0 Å². The number of carbonyl (C=O) groups is 2. The van der Waals surface area contributed by atoms with Crippen LogP contribution in [0.15, 0.2) is 30.3 Å². The van der Waals surface area contributed by atoms with Crippen molar-refractivity contribution in [1.29, 1.82) is 0 Å². The van der Waals surface area contributed by atoms with E-state index in [1.54, 1.807) is 0 Å². The fourth-order valence-electron chi connectivity index (χ4n) is 8.79. The van der Waals surface area contributed by atoms with Gasteiger partial charge >= 0.3 is 0 Å². The Morgan fingerprint density at radius 1 is 1.02 bits per heavy atom. The van der Waals surface area contributed by atoms with Crippen molar-refractivity contribution in [3.8, 4) is 0 Å². The van der Waals surface area contributed by atoms with E-state index in [4.69, 9.17) is 0 Å². The molecule has 2 aliphatic carbocycles. The van der Waals surface area contributed by atoms with Gasteiger partial charge in [0.25, 0.3) is 0 Å². The van der Waals surface area contributed by atoms with Gasteiger partial charge in [-0.2, -0.15) is 0 Å². The van der Waals surface area contributed by atoms with Gasteiger partial charge in [-0.3, -0.25) is 9.59 Å². The molecule has 0 radical (unpaired) electrons. The maximum absolute atomic E-state index is 14.4. The van der Waals surface area contributed by atoms with Gasteiger partial charge in [-0.15, -0.1) is 0 Å². The molecule has 2 heterocycles. The van der Waals surface area contributed by atoms with Gasteiger partial charge in [0.15, 0.2) is 0 Å². The summed E-state index contributed by atoms with van der Waals surface area (Å²) >= 11 is 0. The van der Waals surface area contributed by atoms with Crippen LogP contribution in [0.3, 0.4) is 0 Å². The van der Waals surface area contributed by atoms with E-state index in [1.807, 2.05) is 11.8 Å². The van der Waals surface area contributed by atoms with Crippen LogP contribution in [0, 0.1) is 29.6 Å². The summed E-state index contributed by atoms with van der Waals surface area (Å²) < 4.78 is 0. The van der Waals surface area contributed by atoms with Crippen molar-refractivity contribution in [2.75, 3.05) is 19.6 Å². The van der Waals surface area contributed by atoms with Crippen LogP contribution in [-0.2, 0) is 15.0 Å². The van der Waals surface area contributed by atoms with Crippen molar-refractivity contribution in [2.45, 2.75) is 122 Å². The number of hydrogen-bond acceptors (Lipinski definition) is 3. The molecule has 2 amide bonds. The molecular formula is C35H54N2O3. The highest BCUT2D eigenvalue weighted by molar-refractivity contribution is 5.83. The minimum atomic E-state index is -0.428. The average molecular weight is 551 g/mol. The van der Waals surface area contributed by atoms with Gasteiger partial charge in [-0.05, 0) is 80.1 Å². The van der Waals surface area contributed by atoms with Crippen molar-refractivity contribution < 1.29 is 14.7 Å². The highest BCUT2D eigenvalue weighted by Gasteiger charge is 2.53. The lowest BCUT2D eigenvalue weighted by Gasteiger charge is -2.58. The predicted octanol–water partition coefficient (Wildman–Crippen LogP) is 6.58. The summed E-state index contributed by atoms with van der Waals surface area (Å²) in [5.74, 6) is 1.78. The number of rotatable bonds is 9. The quantitative estimate of drug-likeness (QED) is 0.378. The van der Waals surface area contributed by atoms with Crippen LogP contribution in [0.1, 0.15) is 110 Å². The molecule has 4 aliphatic rings. The van der Waals surface area contributed by atoms with Crippen molar-refractivity contribution in [2.24, 2.45) is 29.6 Å². The summed E-state index contributed by atoms with van der Waals surface area (Å²) in [7, 11) is 0. The van der Waals surface area contributed by atoms with Crippen LogP contribution < -0.4 is 0 Å². The molecule has 5 heteroatoms. The number of hydrogen-bond donors (Lipinski definition) is 1. The summed E-state index contributed by atoms with van der Waals surface area (Å²) in [5, 5.41) is 10.1. The van der Waals surface area contributed by atoms with Crippen LogP contribution in [0.5, 0.6) is 0 Å². The summed E-state index contributed by atoms with van der Waals surface area (Å²) in [4.78, 5) is 31.7. The molecule has 5 nitrogen and oxygen atoms in total. The maximum atomic E-state index is 14.4. The van der Waals surface area contributed by atoms with Gasteiger partial charge in [-0.1, -0.05) is 77.3 Å². The standard InChI is InChI=1S/C35H54N2O3/c1-5-10-27(4)35(29-13-7-6-8-14-29)19-17-34(18-20-35)16-15-30(33(40)37(34)23-28-11-9-12-28)25(2)21-32(39)36-22-26(3)31(38)24-36/h6-8,13-14,25-28,30-31,38H,5,9-12,15-24H2,1-4H3/t25?,26-,27?,30?,31+,34?,35?/m1/s1. The van der Waals surface area contributed by atoms with Crippen LogP contribution in [0.4, 0.5) is 0 Å². The zero-order chi connectivity index (χ0) is 28.5. The third-order valence-electron chi connectivity index (χ3n) is 11.9. The highest BCUT2D eigenvalue weighted by atomic mass is 16.3. The molecule has 3 unspecified atom stereocenters. The lowest BCUT2D eigenvalue weighted by Crippen LogP contribution is -2.62. The fraction of sp³-hybridized carbons (Fsp3) is 0.771.